The molecule has 0 fully saturated rings. The lowest BCUT2D eigenvalue weighted by Gasteiger charge is -2.03. The molecule has 0 aliphatic heterocycles. The molecule has 0 saturated carbocycles. The van der Waals surface area contributed by atoms with Crippen molar-refractivity contribution in [1.29, 1.82) is 0 Å². The van der Waals surface area contributed by atoms with Crippen molar-refractivity contribution in [2.24, 2.45) is 0 Å². The summed E-state index contributed by atoms with van der Waals surface area (Å²) in [5.41, 5.74) is 0. The van der Waals surface area contributed by atoms with Crippen LogP contribution in [0.4, 0.5) is 0 Å². The molecule has 0 atom stereocenters. The molecule has 4 heteroatoms. The Kier molecular flexibility index (Phi) is 4.59. The summed E-state index contributed by atoms with van der Waals surface area (Å²) in [5.74, 6) is 2.07. The van der Waals surface area contributed by atoms with Gasteiger partial charge in [0.2, 0.25) is 0 Å². The van der Waals surface area contributed by atoms with Gasteiger partial charge in [-0.3, -0.25) is 0 Å². The third-order valence-electron chi connectivity index (χ3n) is 2.22. The van der Waals surface area contributed by atoms with Crippen LogP contribution >= 0.6 is 0 Å². The van der Waals surface area contributed by atoms with E-state index in [0.29, 0.717) is 0 Å². The number of aryl methyl sites for hydroxylation is 3. The predicted octanol–water partition coefficient (Wildman–Crippen LogP) is 1.01. The number of hydrogen-bond donors (Lipinski definition) is 1. The first-order valence-corrected chi connectivity index (χ1v) is 5.39. The third-order valence-corrected chi connectivity index (χ3v) is 2.22. The average Bonchev–Trinajstić information content (AvgIpc) is 2.61. The van der Waals surface area contributed by atoms with Crippen LogP contribution in [0.25, 0.3) is 0 Å². The molecule has 0 spiro atoms. The van der Waals surface area contributed by atoms with Crippen molar-refractivity contribution in [3.8, 4) is 0 Å². The average molecular weight is 196 g/mol. The van der Waals surface area contributed by atoms with Crippen LogP contribution in [-0.4, -0.2) is 28.4 Å². The van der Waals surface area contributed by atoms with Crippen LogP contribution in [0.2, 0.25) is 0 Å². The lowest BCUT2D eigenvalue weighted by Crippen LogP contribution is -2.13. The minimum absolute atomic E-state index is 0.923. The molecule has 0 amide bonds. The van der Waals surface area contributed by atoms with Crippen LogP contribution in [0.1, 0.15) is 31.9 Å². The van der Waals surface area contributed by atoms with E-state index in [4.69, 9.17) is 0 Å². The van der Waals surface area contributed by atoms with Crippen molar-refractivity contribution in [3.05, 3.63) is 11.6 Å². The van der Waals surface area contributed by atoms with Gasteiger partial charge >= 0.3 is 0 Å². The summed E-state index contributed by atoms with van der Waals surface area (Å²) < 4.78 is 2.04. The maximum atomic E-state index is 4.46. The van der Waals surface area contributed by atoms with Gasteiger partial charge in [0.1, 0.15) is 5.82 Å². The van der Waals surface area contributed by atoms with Gasteiger partial charge in [-0.05, 0) is 20.0 Å². The van der Waals surface area contributed by atoms with Crippen LogP contribution in [0.3, 0.4) is 0 Å². The molecule has 0 aromatic carbocycles. The molecule has 0 saturated heterocycles. The highest BCUT2D eigenvalue weighted by Crippen LogP contribution is 2.01. The van der Waals surface area contributed by atoms with Crippen molar-refractivity contribution in [1.82, 2.24) is 20.1 Å². The maximum absolute atomic E-state index is 4.46. The number of aromatic nitrogens is 3. The van der Waals surface area contributed by atoms with Crippen LogP contribution in [0, 0.1) is 0 Å². The number of nitrogens with one attached hydrogen (secondary N) is 1. The summed E-state index contributed by atoms with van der Waals surface area (Å²) >= 11 is 0. The highest BCUT2D eigenvalue weighted by atomic mass is 15.3. The quantitative estimate of drug-likeness (QED) is 0.691. The molecular formula is C10H20N4. The Balaban J connectivity index is 2.59. The molecular weight excluding hydrogens is 176 g/mol. The topological polar surface area (TPSA) is 42.7 Å². The first kappa shape index (κ1) is 11.2. The maximum Gasteiger partial charge on any atom is 0.150 e. The highest BCUT2D eigenvalue weighted by Gasteiger charge is 2.05. The van der Waals surface area contributed by atoms with E-state index >= 15 is 0 Å². The van der Waals surface area contributed by atoms with E-state index in [1.807, 2.05) is 11.7 Å². The largest absolute Gasteiger partial charge is 0.320 e. The Bertz CT molecular complexity index is 267. The van der Waals surface area contributed by atoms with Crippen molar-refractivity contribution < 1.29 is 0 Å². The summed E-state index contributed by atoms with van der Waals surface area (Å²) in [6, 6.07) is 0. The third kappa shape index (κ3) is 2.80. The molecule has 1 aromatic heterocycles. The molecule has 0 aliphatic rings. The van der Waals surface area contributed by atoms with Crippen LogP contribution in [-0.2, 0) is 19.4 Å². The molecule has 14 heavy (non-hydrogen) atoms. The fraction of sp³-hybridized carbons (Fsp3) is 0.800. The van der Waals surface area contributed by atoms with Crippen molar-refractivity contribution >= 4 is 0 Å². The molecule has 1 rings (SSSR count). The Morgan fingerprint density at radius 3 is 2.64 bits per heavy atom. The zero-order valence-corrected chi connectivity index (χ0v) is 9.38. The Morgan fingerprint density at radius 1 is 1.29 bits per heavy atom. The Labute approximate surface area is 85.7 Å². The second kappa shape index (κ2) is 5.75. The molecule has 1 N–H and O–H groups in total. The van der Waals surface area contributed by atoms with Gasteiger partial charge in [0.05, 0.1) is 0 Å². The molecule has 0 bridgehead atoms. The second-order valence-corrected chi connectivity index (χ2v) is 3.33. The molecule has 1 aromatic rings. The molecule has 0 aliphatic carbocycles. The van der Waals surface area contributed by atoms with Gasteiger partial charge in [0.15, 0.2) is 5.82 Å². The second-order valence-electron chi connectivity index (χ2n) is 3.33. The zero-order valence-electron chi connectivity index (χ0n) is 9.38. The molecule has 0 radical (unpaired) electrons. The van der Waals surface area contributed by atoms with Crippen molar-refractivity contribution in [3.63, 3.8) is 0 Å². The van der Waals surface area contributed by atoms with E-state index < -0.39 is 0 Å². The van der Waals surface area contributed by atoms with E-state index in [2.05, 4.69) is 29.2 Å². The van der Waals surface area contributed by atoms with Gasteiger partial charge in [-0.15, -0.1) is 0 Å². The number of nitrogens with zero attached hydrogens (tertiary/aromatic N) is 3. The van der Waals surface area contributed by atoms with Crippen LogP contribution < -0.4 is 5.32 Å². The van der Waals surface area contributed by atoms with E-state index in [9.17, 15) is 0 Å². The van der Waals surface area contributed by atoms with E-state index in [-0.39, 0.29) is 0 Å². The molecule has 80 valence electrons. The molecule has 4 nitrogen and oxygen atoms in total. The summed E-state index contributed by atoms with van der Waals surface area (Å²) in [7, 11) is 1.97. The van der Waals surface area contributed by atoms with E-state index in [1.54, 1.807) is 0 Å². The molecule has 0 unspecified atom stereocenters. The SMILES string of the molecule is CCc1nc(CC)n(CCCNC)n1. The first-order valence-electron chi connectivity index (χ1n) is 5.39. The lowest BCUT2D eigenvalue weighted by molar-refractivity contribution is 0.537. The van der Waals surface area contributed by atoms with Gasteiger partial charge in [0, 0.05) is 19.4 Å². The summed E-state index contributed by atoms with van der Waals surface area (Å²) in [4.78, 5) is 4.46. The van der Waals surface area contributed by atoms with Gasteiger partial charge in [-0.2, -0.15) is 5.10 Å². The van der Waals surface area contributed by atoms with Gasteiger partial charge in [0.25, 0.3) is 0 Å². The number of hydrogen-bond acceptors (Lipinski definition) is 3. The smallest absolute Gasteiger partial charge is 0.150 e. The van der Waals surface area contributed by atoms with Crippen molar-refractivity contribution in [2.45, 2.75) is 39.7 Å². The monoisotopic (exact) mass is 196 g/mol. The fourth-order valence-corrected chi connectivity index (χ4v) is 1.42. The summed E-state index contributed by atoms with van der Waals surface area (Å²) in [6.07, 6.45) is 2.99. The standard InChI is InChI=1S/C10H20N4/c1-4-9-12-10(5-2)14(13-9)8-6-7-11-3/h11H,4-8H2,1-3H3. The van der Waals surface area contributed by atoms with Gasteiger partial charge in [-0.25, -0.2) is 9.67 Å². The fourth-order valence-electron chi connectivity index (χ4n) is 1.42. The zero-order chi connectivity index (χ0) is 10.4. The first-order chi connectivity index (χ1) is 6.81. The normalized spacial score (nSPS) is 10.8. The van der Waals surface area contributed by atoms with Crippen LogP contribution in [0.5, 0.6) is 0 Å². The molecule has 1 heterocycles. The summed E-state index contributed by atoms with van der Waals surface area (Å²) in [6.45, 7) is 6.21. The minimum Gasteiger partial charge on any atom is -0.320 e. The van der Waals surface area contributed by atoms with Gasteiger partial charge in [-0.1, -0.05) is 13.8 Å². The Morgan fingerprint density at radius 2 is 2.07 bits per heavy atom. The lowest BCUT2D eigenvalue weighted by atomic mass is 10.4. The number of rotatable bonds is 6. The van der Waals surface area contributed by atoms with Crippen molar-refractivity contribution in [2.75, 3.05) is 13.6 Å². The minimum atomic E-state index is 0.923. The Hall–Kier alpha value is -0.900. The summed E-state index contributed by atoms with van der Waals surface area (Å²) in [5, 5.41) is 7.58. The van der Waals surface area contributed by atoms with E-state index in [1.165, 1.54) is 0 Å². The van der Waals surface area contributed by atoms with Crippen LogP contribution in [0.15, 0.2) is 0 Å². The predicted molar refractivity (Wildman–Crippen MR) is 57.3 cm³/mol. The van der Waals surface area contributed by atoms with E-state index in [0.717, 1.165) is 44.0 Å². The highest BCUT2D eigenvalue weighted by molar-refractivity contribution is 4.92. The van der Waals surface area contributed by atoms with Gasteiger partial charge < -0.3 is 5.32 Å².